The average molecular weight is 268 g/mol. The number of hydrogen-bond donors (Lipinski definition) is 1. The summed E-state index contributed by atoms with van der Waals surface area (Å²) in [5.41, 5.74) is 7.58. The van der Waals surface area contributed by atoms with E-state index in [0.717, 1.165) is 12.1 Å². The van der Waals surface area contributed by atoms with Gasteiger partial charge in [0.25, 0.3) is 0 Å². The first-order chi connectivity index (χ1) is 8.58. The number of aromatic nitrogens is 2. The highest BCUT2D eigenvalue weighted by atomic mass is 35.5. The SMILES string of the molecule is Cn1nccc1CCC(N)c1ccc(Cl)cc1F. The zero-order valence-corrected chi connectivity index (χ0v) is 10.9. The number of halogens is 2. The summed E-state index contributed by atoms with van der Waals surface area (Å²) in [5, 5.41) is 4.47. The van der Waals surface area contributed by atoms with E-state index < -0.39 is 0 Å². The molecule has 1 heterocycles. The van der Waals surface area contributed by atoms with Crippen molar-refractivity contribution >= 4 is 11.6 Å². The van der Waals surface area contributed by atoms with Gasteiger partial charge in [0.2, 0.25) is 0 Å². The van der Waals surface area contributed by atoms with Crippen molar-refractivity contribution in [2.75, 3.05) is 0 Å². The highest BCUT2D eigenvalue weighted by Gasteiger charge is 2.12. The third-order valence-corrected chi connectivity index (χ3v) is 3.23. The van der Waals surface area contributed by atoms with Gasteiger partial charge in [-0.1, -0.05) is 17.7 Å². The first-order valence-corrected chi connectivity index (χ1v) is 6.13. The summed E-state index contributed by atoms with van der Waals surface area (Å²) in [6, 6.07) is 6.19. The maximum Gasteiger partial charge on any atom is 0.129 e. The molecular weight excluding hydrogens is 253 g/mol. The molecule has 18 heavy (non-hydrogen) atoms. The van der Waals surface area contributed by atoms with Gasteiger partial charge < -0.3 is 5.73 Å². The molecule has 0 aliphatic heterocycles. The largest absolute Gasteiger partial charge is 0.324 e. The first-order valence-electron chi connectivity index (χ1n) is 5.75. The fourth-order valence-electron chi connectivity index (χ4n) is 1.91. The molecule has 0 fully saturated rings. The highest BCUT2D eigenvalue weighted by Crippen LogP contribution is 2.22. The Morgan fingerprint density at radius 3 is 2.83 bits per heavy atom. The van der Waals surface area contributed by atoms with Crippen molar-refractivity contribution in [3.8, 4) is 0 Å². The van der Waals surface area contributed by atoms with Crippen molar-refractivity contribution in [2.45, 2.75) is 18.9 Å². The molecule has 0 saturated carbocycles. The van der Waals surface area contributed by atoms with Crippen molar-refractivity contribution < 1.29 is 4.39 Å². The van der Waals surface area contributed by atoms with Gasteiger partial charge in [0.05, 0.1) is 0 Å². The second kappa shape index (κ2) is 5.50. The summed E-state index contributed by atoms with van der Waals surface area (Å²) in [7, 11) is 1.88. The molecule has 3 nitrogen and oxygen atoms in total. The summed E-state index contributed by atoms with van der Waals surface area (Å²) in [5.74, 6) is -0.347. The van der Waals surface area contributed by atoms with Gasteiger partial charge in [0, 0.05) is 35.6 Å². The zero-order chi connectivity index (χ0) is 13.1. The van der Waals surface area contributed by atoms with Gasteiger partial charge in [0.1, 0.15) is 5.82 Å². The van der Waals surface area contributed by atoms with Gasteiger partial charge in [-0.05, 0) is 31.0 Å². The molecule has 2 aromatic rings. The lowest BCUT2D eigenvalue weighted by Crippen LogP contribution is -2.14. The molecule has 0 aliphatic carbocycles. The Balaban J connectivity index is 2.03. The van der Waals surface area contributed by atoms with Gasteiger partial charge >= 0.3 is 0 Å². The summed E-state index contributed by atoms with van der Waals surface area (Å²) in [6.45, 7) is 0. The number of hydrogen-bond acceptors (Lipinski definition) is 2. The number of rotatable bonds is 4. The molecule has 96 valence electrons. The second-order valence-electron chi connectivity index (χ2n) is 4.26. The third-order valence-electron chi connectivity index (χ3n) is 3.00. The molecule has 5 heteroatoms. The van der Waals surface area contributed by atoms with E-state index in [1.165, 1.54) is 6.07 Å². The van der Waals surface area contributed by atoms with Gasteiger partial charge in [-0.15, -0.1) is 0 Å². The van der Waals surface area contributed by atoms with Crippen LogP contribution in [-0.4, -0.2) is 9.78 Å². The minimum Gasteiger partial charge on any atom is -0.324 e. The van der Waals surface area contributed by atoms with E-state index in [1.807, 2.05) is 13.1 Å². The maximum atomic E-state index is 13.7. The highest BCUT2D eigenvalue weighted by molar-refractivity contribution is 6.30. The topological polar surface area (TPSA) is 43.8 Å². The normalized spacial score (nSPS) is 12.7. The fourth-order valence-corrected chi connectivity index (χ4v) is 2.07. The Hall–Kier alpha value is -1.39. The Labute approximate surface area is 110 Å². The predicted octanol–water partition coefficient (Wildman–Crippen LogP) is 2.85. The van der Waals surface area contributed by atoms with Crippen LogP contribution in [-0.2, 0) is 13.5 Å². The van der Waals surface area contributed by atoms with Crippen LogP contribution in [0.15, 0.2) is 30.5 Å². The van der Waals surface area contributed by atoms with Crippen LogP contribution in [0.4, 0.5) is 4.39 Å². The van der Waals surface area contributed by atoms with Crippen LogP contribution in [0.3, 0.4) is 0 Å². The molecule has 0 aliphatic rings. The van der Waals surface area contributed by atoms with Crippen molar-refractivity contribution in [3.63, 3.8) is 0 Å². The summed E-state index contributed by atoms with van der Waals surface area (Å²) in [4.78, 5) is 0. The second-order valence-corrected chi connectivity index (χ2v) is 4.69. The van der Waals surface area contributed by atoms with Gasteiger partial charge in [-0.2, -0.15) is 5.10 Å². The van der Waals surface area contributed by atoms with E-state index >= 15 is 0 Å². The van der Waals surface area contributed by atoms with E-state index in [0.29, 0.717) is 17.0 Å². The smallest absolute Gasteiger partial charge is 0.129 e. The van der Waals surface area contributed by atoms with E-state index in [-0.39, 0.29) is 11.9 Å². The van der Waals surface area contributed by atoms with E-state index in [9.17, 15) is 4.39 Å². The molecule has 0 spiro atoms. The van der Waals surface area contributed by atoms with Gasteiger partial charge in [-0.3, -0.25) is 4.68 Å². The Bertz CT molecular complexity index is 539. The van der Waals surface area contributed by atoms with Crippen LogP contribution in [0.2, 0.25) is 5.02 Å². The van der Waals surface area contributed by atoms with Crippen molar-refractivity contribution in [2.24, 2.45) is 12.8 Å². The molecule has 0 bridgehead atoms. The summed E-state index contributed by atoms with van der Waals surface area (Å²) in [6.07, 6.45) is 3.17. The minimum absolute atomic E-state index is 0.336. The van der Waals surface area contributed by atoms with Crippen LogP contribution in [0.5, 0.6) is 0 Å². The molecule has 0 radical (unpaired) electrons. The Morgan fingerprint density at radius 2 is 2.22 bits per heavy atom. The molecule has 1 aromatic carbocycles. The minimum atomic E-state index is -0.347. The Morgan fingerprint density at radius 1 is 1.44 bits per heavy atom. The fraction of sp³-hybridized carbons (Fsp3) is 0.308. The third kappa shape index (κ3) is 2.89. The van der Waals surface area contributed by atoms with Gasteiger partial charge in [-0.25, -0.2) is 4.39 Å². The molecule has 2 rings (SSSR count). The van der Waals surface area contributed by atoms with Crippen molar-refractivity contribution in [1.29, 1.82) is 0 Å². The van der Waals surface area contributed by atoms with Crippen LogP contribution in [0, 0.1) is 5.82 Å². The van der Waals surface area contributed by atoms with Gasteiger partial charge in [0.15, 0.2) is 0 Å². The molecule has 1 unspecified atom stereocenters. The van der Waals surface area contributed by atoms with E-state index in [1.54, 1.807) is 23.0 Å². The van der Waals surface area contributed by atoms with Crippen LogP contribution in [0.1, 0.15) is 23.7 Å². The number of benzene rings is 1. The van der Waals surface area contributed by atoms with Crippen molar-refractivity contribution in [3.05, 3.63) is 52.6 Å². The van der Waals surface area contributed by atoms with Crippen LogP contribution < -0.4 is 5.73 Å². The number of aryl methyl sites for hydroxylation is 2. The predicted molar refractivity (Wildman–Crippen MR) is 69.9 cm³/mol. The van der Waals surface area contributed by atoms with Crippen molar-refractivity contribution in [1.82, 2.24) is 9.78 Å². The lowest BCUT2D eigenvalue weighted by molar-refractivity contribution is 0.555. The Kier molecular flexibility index (Phi) is 3.99. The molecule has 0 saturated heterocycles. The number of nitrogens with two attached hydrogens (primary N) is 1. The quantitative estimate of drug-likeness (QED) is 0.926. The monoisotopic (exact) mass is 267 g/mol. The lowest BCUT2D eigenvalue weighted by atomic mass is 10.0. The molecule has 1 aromatic heterocycles. The first kappa shape index (κ1) is 13.1. The van der Waals surface area contributed by atoms with Crippen LogP contribution in [0.25, 0.3) is 0 Å². The molecule has 1 atom stereocenters. The molecule has 0 amide bonds. The average Bonchev–Trinajstić information content (AvgIpc) is 2.72. The molecular formula is C13H15ClFN3. The zero-order valence-electron chi connectivity index (χ0n) is 10.1. The van der Waals surface area contributed by atoms with E-state index in [2.05, 4.69) is 5.10 Å². The summed E-state index contributed by atoms with van der Waals surface area (Å²) >= 11 is 5.71. The number of nitrogens with zero attached hydrogens (tertiary/aromatic N) is 2. The lowest BCUT2D eigenvalue weighted by Gasteiger charge is -2.13. The van der Waals surface area contributed by atoms with E-state index in [4.69, 9.17) is 17.3 Å². The van der Waals surface area contributed by atoms with Crippen LogP contribution >= 0.6 is 11.6 Å². The summed E-state index contributed by atoms with van der Waals surface area (Å²) < 4.78 is 15.5. The molecule has 2 N–H and O–H groups in total. The maximum absolute atomic E-state index is 13.7. The standard InChI is InChI=1S/C13H15ClFN3/c1-18-10(6-7-17-18)3-5-13(16)11-4-2-9(14)8-12(11)15/h2,4,6-8,13H,3,5,16H2,1H3.